The summed E-state index contributed by atoms with van der Waals surface area (Å²) in [6.45, 7) is 4.28. The quantitative estimate of drug-likeness (QED) is 0.512. The van der Waals surface area contributed by atoms with E-state index in [9.17, 15) is 24.5 Å². The number of nitrogens with one attached hydrogen (secondary N) is 2. The molecule has 2 N–H and O–H groups in total. The molecule has 4 bridgehead atoms. The largest absolute Gasteiger partial charge is 0.450 e. The van der Waals surface area contributed by atoms with Crippen LogP contribution >= 0.6 is 0 Å². The smallest absolute Gasteiger partial charge is 0.311 e. The van der Waals surface area contributed by atoms with Crippen molar-refractivity contribution in [3.8, 4) is 11.5 Å². The first-order valence-corrected chi connectivity index (χ1v) is 11.0. The highest BCUT2D eigenvalue weighted by atomic mass is 16.6. The number of likely N-dealkylation sites (N-methyl/N-ethyl adjacent to an activating group) is 1. The zero-order chi connectivity index (χ0) is 24.8. The predicted octanol–water partition coefficient (Wildman–Crippen LogP) is 2.66. The van der Waals surface area contributed by atoms with Crippen LogP contribution in [0.25, 0.3) is 0 Å². The number of fused-ring (bicyclic) bond motifs is 4. The van der Waals surface area contributed by atoms with Gasteiger partial charge < -0.3 is 20.3 Å². The monoisotopic (exact) mass is 468 g/mol. The van der Waals surface area contributed by atoms with Crippen molar-refractivity contribution in [3.63, 3.8) is 0 Å². The third-order valence-electron chi connectivity index (χ3n) is 5.37. The van der Waals surface area contributed by atoms with Crippen molar-refractivity contribution in [3.05, 3.63) is 63.7 Å². The van der Waals surface area contributed by atoms with Crippen molar-refractivity contribution in [1.82, 2.24) is 15.5 Å². The summed E-state index contributed by atoms with van der Waals surface area (Å²) in [5.74, 6) is -0.715. The summed E-state index contributed by atoms with van der Waals surface area (Å²) < 4.78 is 5.79. The van der Waals surface area contributed by atoms with Crippen LogP contribution in [0.4, 0.5) is 5.69 Å². The summed E-state index contributed by atoms with van der Waals surface area (Å²) in [7, 11) is 1.44. The number of carbonyl (C=O) groups excluding carboxylic acids is 3. The molecule has 0 fully saturated rings. The van der Waals surface area contributed by atoms with Gasteiger partial charge in [0, 0.05) is 37.7 Å². The van der Waals surface area contributed by atoms with Gasteiger partial charge in [-0.05, 0) is 36.1 Å². The van der Waals surface area contributed by atoms with E-state index in [2.05, 4.69) is 10.6 Å². The first-order chi connectivity index (χ1) is 16.1. The van der Waals surface area contributed by atoms with E-state index in [-0.39, 0.29) is 35.9 Å². The molecular weight excluding hydrogens is 440 g/mol. The standard InChI is InChI=1S/C24H28N4O6/c1-15(2)9-10-25-23(30)19-12-16-5-4-6-18(11-16)34-21-13-17(7-8-20(21)28(32)33)24(31)27(3)14-22(29)26-19/h4-8,11,13,15,19H,9-10,12,14H2,1-3H3,(H,25,30)(H,26,29). The highest BCUT2D eigenvalue weighted by molar-refractivity contribution is 5.97. The molecule has 1 aliphatic heterocycles. The molecule has 180 valence electrons. The molecule has 0 aliphatic carbocycles. The van der Waals surface area contributed by atoms with Crippen molar-refractivity contribution in [1.29, 1.82) is 0 Å². The van der Waals surface area contributed by atoms with E-state index in [1.807, 2.05) is 13.8 Å². The summed E-state index contributed by atoms with van der Waals surface area (Å²) in [5.41, 5.74) is 0.533. The van der Waals surface area contributed by atoms with Gasteiger partial charge in [0.05, 0.1) is 11.5 Å². The SMILES string of the molecule is CC(C)CCNC(=O)C1Cc2cccc(c2)Oc2cc(ccc2[N+](=O)[O-])C(=O)N(C)CC(=O)N1. The van der Waals surface area contributed by atoms with E-state index in [4.69, 9.17) is 4.74 Å². The zero-order valence-corrected chi connectivity index (χ0v) is 19.4. The number of ether oxygens (including phenoxy) is 1. The molecule has 34 heavy (non-hydrogen) atoms. The fourth-order valence-electron chi connectivity index (χ4n) is 3.54. The van der Waals surface area contributed by atoms with Gasteiger partial charge in [-0.25, -0.2) is 0 Å². The number of benzene rings is 2. The number of nitro groups is 1. The molecule has 1 atom stereocenters. The Balaban J connectivity index is 1.97. The van der Waals surface area contributed by atoms with Crippen LogP contribution in [0.15, 0.2) is 42.5 Å². The summed E-state index contributed by atoms with van der Waals surface area (Å²) >= 11 is 0. The Morgan fingerprint density at radius 1 is 1.26 bits per heavy atom. The van der Waals surface area contributed by atoms with Gasteiger partial charge in [-0.2, -0.15) is 0 Å². The molecule has 10 heteroatoms. The molecule has 3 rings (SSSR count). The van der Waals surface area contributed by atoms with Gasteiger partial charge in [0.1, 0.15) is 11.8 Å². The Morgan fingerprint density at radius 2 is 2.03 bits per heavy atom. The lowest BCUT2D eigenvalue weighted by Crippen LogP contribution is -2.51. The molecule has 0 saturated carbocycles. The minimum Gasteiger partial charge on any atom is -0.450 e. The fraction of sp³-hybridized carbons (Fsp3) is 0.375. The van der Waals surface area contributed by atoms with E-state index < -0.39 is 22.8 Å². The minimum absolute atomic E-state index is 0.0918. The Bertz CT molecular complexity index is 1100. The van der Waals surface area contributed by atoms with E-state index in [0.29, 0.717) is 23.8 Å². The molecule has 1 heterocycles. The topological polar surface area (TPSA) is 131 Å². The molecule has 10 nitrogen and oxygen atoms in total. The number of rotatable bonds is 5. The third-order valence-corrected chi connectivity index (χ3v) is 5.37. The first kappa shape index (κ1) is 24.7. The Morgan fingerprint density at radius 3 is 2.74 bits per heavy atom. The van der Waals surface area contributed by atoms with Gasteiger partial charge in [0.2, 0.25) is 17.6 Å². The maximum absolute atomic E-state index is 12.8. The van der Waals surface area contributed by atoms with Gasteiger partial charge in [-0.15, -0.1) is 0 Å². The number of nitrogens with zero attached hydrogens (tertiary/aromatic N) is 2. The average molecular weight is 469 g/mol. The molecule has 0 saturated heterocycles. The van der Waals surface area contributed by atoms with Gasteiger partial charge >= 0.3 is 5.69 Å². The molecule has 0 spiro atoms. The molecule has 3 amide bonds. The Kier molecular flexibility index (Phi) is 7.83. The predicted molar refractivity (Wildman–Crippen MR) is 125 cm³/mol. The van der Waals surface area contributed by atoms with Crippen LogP contribution in [0.5, 0.6) is 11.5 Å². The molecule has 1 aliphatic rings. The van der Waals surface area contributed by atoms with Crippen LogP contribution in [0.2, 0.25) is 0 Å². The van der Waals surface area contributed by atoms with Crippen LogP contribution in [-0.2, 0) is 16.0 Å². The van der Waals surface area contributed by atoms with Crippen molar-refractivity contribution >= 4 is 23.4 Å². The van der Waals surface area contributed by atoms with E-state index in [0.717, 1.165) is 6.42 Å². The number of carbonyl (C=O) groups is 3. The number of nitro benzene ring substituents is 1. The van der Waals surface area contributed by atoms with E-state index in [1.165, 1.54) is 30.1 Å². The van der Waals surface area contributed by atoms with Crippen LogP contribution in [0, 0.1) is 16.0 Å². The van der Waals surface area contributed by atoms with Crippen molar-refractivity contribution in [2.75, 3.05) is 20.1 Å². The summed E-state index contributed by atoms with van der Waals surface area (Å²) in [6, 6.07) is 9.68. The highest BCUT2D eigenvalue weighted by Crippen LogP contribution is 2.33. The normalized spacial score (nSPS) is 16.4. The van der Waals surface area contributed by atoms with Crippen LogP contribution in [0.3, 0.4) is 0 Å². The van der Waals surface area contributed by atoms with Crippen LogP contribution in [0.1, 0.15) is 36.2 Å². The van der Waals surface area contributed by atoms with Crippen LogP contribution < -0.4 is 15.4 Å². The second-order valence-electron chi connectivity index (χ2n) is 8.65. The molecule has 1 unspecified atom stereocenters. The molecular formula is C24H28N4O6. The summed E-state index contributed by atoms with van der Waals surface area (Å²) in [4.78, 5) is 50.5. The molecule has 2 aromatic rings. The van der Waals surface area contributed by atoms with Crippen molar-refractivity contribution < 1.29 is 24.0 Å². The Labute approximate surface area is 197 Å². The number of amides is 3. The first-order valence-electron chi connectivity index (χ1n) is 11.0. The van der Waals surface area contributed by atoms with Crippen LogP contribution in [-0.4, -0.2) is 53.7 Å². The molecule has 0 aromatic heterocycles. The number of hydrogen-bond acceptors (Lipinski definition) is 6. The second kappa shape index (κ2) is 10.8. The Hall–Kier alpha value is -3.95. The van der Waals surface area contributed by atoms with Gasteiger partial charge in [-0.3, -0.25) is 24.5 Å². The van der Waals surface area contributed by atoms with Crippen molar-refractivity contribution in [2.45, 2.75) is 32.7 Å². The molecule has 2 aromatic carbocycles. The lowest BCUT2D eigenvalue weighted by atomic mass is 10.0. The lowest BCUT2D eigenvalue weighted by molar-refractivity contribution is -0.385. The maximum Gasteiger partial charge on any atom is 0.311 e. The van der Waals surface area contributed by atoms with E-state index >= 15 is 0 Å². The summed E-state index contributed by atoms with van der Waals surface area (Å²) in [5, 5.41) is 17.1. The van der Waals surface area contributed by atoms with Gasteiger partial charge in [-0.1, -0.05) is 26.0 Å². The van der Waals surface area contributed by atoms with Gasteiger partial charge in [0.15, 0.2) is 0 Å². The third kappa shape index (κ3) is 6.31. The second-order valence-corrected chi connectivity index (χ2v) is 8.65. The van der Waals surface area contributed by atoms with E-state index in [1.54, 1.807) is 24.3 Å². The minimum atomic E-state index is -0.867. The lowest BCUT2D eigenvalue weighted by Gasteiger charge is -2.22. The summed E-state index contributed by atoms with van der Waals surface area (Å²) in [6.07, 6.45) is 0.972. The average Bonchev–Trinajstić information content (AvgIpc) is 2.77. The zero-order valence-electron chi connectivity index (χ0n) is 19.4. The maximum atomic E-state index is 12.8. The van der Waals surface area contributed by atoms with Gasteiger partial charge in [0.25, 0.3) is 5.91 Å². The van der Waals surface area contributed by atoms with Crippen molar-refractivity contribution in [2.24, 2.45) is 5.92 Å². The fourth-order valence-corrected chi connectivity index (χ4v) is 3.54. The number of hydrogen-bond donors (Lipinski definition) is 2. The molecule has 0 radical (unpaired) electrons. The highest BCUT2D eigenvalue weighted by Gasteiger charge is 2.25.